The van der Waals surface area contributed by atoms with Crippen LogP contribution >= 0.6 is 27.5 Å². The molecule has 14 heavy (non-hydrogen) atoms. The second kappa shape index (κ2) is 5.39. The molecule has 76 valence electrons. The Morgan fingerprint density at radius 3 is 2.79 bits per heavy atom. The lowest BCUT2D eigenvalue weighted by Crippen LogP contribution is -1.99. The van der Waals surface area contributed by atoms with Crippen LogP contribution in [0.2, 0.25) is 5.02 Å². The fourth-order valence-corrected chi connectivity index (χ4v) is 1.32. The molecule has 0 atom stereocenters. The summed E-state index contributed by atoms with van der Waals surface area (Å²) in [6.45, 7) is 4.54. The molecule has 2 N–H and O–H groups in total. The number of hydrogen-bond donors (Lipinski definition) is 1. The molecule has 0 aliphatic carbocycles. The molecule has 0 saturated heterocycles. The van der Waals surface area contributed by atoms with Crippen molar-refractivity contribution < 1.29 is 4.74 Å². The normalized spacial score (nSPS) is 9.93. The summed E-state index contributed by atoms with van der Waals surface area (Å²) in [6.07, 6.45) is 0. The molecule has 4 heteroatoms. The summed E-state index contributed by atoms with van der Waals surface area (Å²) in [5.41, 5.74) is 6.46. The number of rotatable bonds is 4. The zero-order valence-electron chi connectivity index (χ0n) is 7.59. The summed E-state index contributed by atoms with van der Waals surface area (Å²) in [6, 6.07) is 5.49. The summed E-state index contributed by atoms with van der Waals surface area (Å²) in [7, 11) is 0. The minimum Gasteiger partial charge on any atom is -0.487 e. The molecule has 0 unspecified atom stereocenters. The van der Waals surface area contributed by atoms with Gasteiger partial charge in [-0.05, 0) is 17.7 Å². The summed E-state index contributed by atoms with van der Waals surface area (Å²) >= 11 is 9.17. The van der Waals surface area contributed by atoms with E-state index in [2.05, 4.69) is 22.5 Å². The Labute approximate surface area is 96.8 Å². The van der Waals surface area contributed by atoms with Crippen molar-refractivity contribution in [2.24, 2.45) is 5.73 Å². The average Bonchev–Trinajstić information content (AvgIpc) is 2.15. The van der Waals surface area contributed by atoms with Gasteiger partial charge in [-0.2, -0.15) is 0 Å². The maximum atomic E-state index is 5.97. The Balaban J connectivity index is 2.73. The summed E-state index contributed by atoms with van der Waals surface area (Å²) in [4.78, 5) is 0. The van der Waals surface area contributed by atoms with E-state index in [4.69, 9.17) is 22.1 Å². The van der Waals surface area contributed by atoms with Gasteiger partial charge in [0.25, 0.3) is 0 Å². The van der Waals surface area contributed by atoms with E-state index >= 15 is 0 Å². The van der Waals surface area contributed by atoms with Crippen molar-refractivity contribution in [3.05, 3.63) is 39.8 Å². The average molecular weight is 277 g/mol. The van der Waals surface area contributed by atoms with Crippen molar-refractivity contribution in [3.63, 3.8) is 0 Å². The predicted molar refractivity (Wildman–Crippen MR) is 62.9 cm³/mol. The van der Waals surface area contributed by atoms with Gasteiger partial charge in [0, 0.05) is 11.0 Å². The molecule has 0 aromatic heterocycles. The van der Waals surface area contributed by atoms with Crippen LogP contribution in [0.1, 0.15) is 5.56 Å². The SMILES string of the molecule is C=C(Br)COc1ccc(CN)cc1Cl. The molecule has 0 saturated carbocycles. The van der Waals surface area contributed by atoms with Crippen molar-refractivity contribution in [2.45, 2.75) is 6.54 Å². The second-order valence-electron chi connectivity index (χ2n) is 2.77. The van der Waals surface area contributed by atoms with E-state index in [1.54, 1.807) is 12.1 Å². The highest BCUT2D eigenvalue weighted by Crippen LogP contribution is 2.25. The topological polar surface area (TPSA) is 35.2 Å². The van der Waals surface area contributed by atoms with Crippen LogP contribution < -0.4 is 10.5 Å². The van der Waals surface area contributed by atoms with E-state index < -0.39 is 0 Å². The third-order valence-corrected chi connectivity index (χ3v) is 2.14. The first kappa shape index (κ1) is 11.6. The largest absolute Gasteiger partial charge is 0.487 e. The maximum Gasteiger partial charge on any atom is 0.138 e. The molecule has 0 aliphatic heterocycles. The number of benzene rings is 1. The molecule has 1 rings (SSSR count). The van der Waals surface area contributed by atoms with Gasteiger partial charge in [-0.3, -0.25) is 0 Å². The van der Waals surface area contributed by atoms with E-state index in [0.717, 1.165) is 10.0 Å². The van der Waals surface area contributed by atoms with Gasteiger partial charge in [0.2, 0.25) is 0 Å². The van der Waals surface area contributed by atoms with Gasteiger partial charge >= 0.3 is 0 Å². The second-order valence-corrected chi connectivity index (χ2v) is 4.30. The predicted octanol–water partition coefficient (Wildman–Crippen LogP) is 3.09. The van der Waals surface area contributed by atoms with Crippen LogP contribution in [-0.4, -0.2) is 6.61 Å². The lowest BCUT2D eigenvalue weighted by atomic mass is 10.2. The first-order valence-electron chi connectivity index (χ1n) is 4.08. The van der Waals surface area contributed by atoms with Gasteiger partial charge in [-0.15, -0.1) is 0 Å². The van der Waals surface area contributed by atoms with Crippen molar-refractivity contribution in [3.8, 4) is 5.75 Å². The molecule has 0 spiro atoms. The Bertz CT molecular complexity index is 341. The quantitative estimate of drug-likeness (QED) is 0.917. The molecular formula is C10H11BrClNO. The molecule has 1 aromatic rings. The molecule has 0 fully saturated rings. The summed E-state index contributed by atoms with van der Waals surface area (Å²) in [5, 5.41) is 0.571. The van der Waals surface area contributed by atoms with Gasteiger partial charge < -0.3 is 10.5 Å². The van der Waals surface area contributed by atoms with Crippen LogP contribution in [0.15, 0.2) is 29.3 Å². The highest BCUT2D eigenvalue weighted by molar-refractivity contribution is 9.11. The zero-order chi connectivity index (χ0) is 10.6. The summed E-state index contributed by atoms with van der Waals surface area (Å²) in [5.74, 6) is 0.643. The highest BCUT2D eigenvalue weighted by atomic mass is 79.9. The molecule has 1 aromatic carbocycles. The van der Waals surface area contributed by atoms with Gasteiger partial charge in [-0.1, -0.05) is 40.2 Å². The van der Waals surface area contributed by atoms with E-state index in [9.17, 15) is 0 Å². The Morgan fingerprint density at radius 1 is 1.57 bits per heavy atom. The lowest BCUT2D eigenvalue weighted by molar-refractivity contribution is 0.361. The number of nitrogens with two attached hydrogens (primary N) is 1. The van der Waals surface area contributed by atoms with Gasteiger partial charge in [0.15, 0.2) is 0 Å². The third kappa shape index (κ3) is 3.33. The lowest BCUT2D eigenvalue weighted by Gasteiger charge is -2.07. The smallest absolute Gasteiger partial charge is 0.138 e. The standard InChI is InChI=1S/C10H11BrClNO/c1-7(11)6-14-10-3-2-8(5-13)4-9(10)12/h2-4H,1,5-6,13H2. The van der Waals surface area contributed by atoms with Crippen molar-refractivity contribution in [1.29, 1.82) is 0 Å². The molecular weight excluding hydrogens is 265 g/mol. The van der Waals surface area contributed by atoms with Crippen LogP contribution in [-0.2, 0) is 6.54 Å². The monoisotopic (exact) mass is 275 g/mol. The van der Waals surface area contributed by atoms with Crippen LogP contribution in [0.3, 0.4) is 0 Å². The fourth-order valence-electron chi connectivity index (χ4n) is 0.944. The molecule has 0 radical (unpaired) electrons. The van der Waals surface area contributed by atoms with Gasteiger partial charge in [0.05, 0.1) is 5.02 Å². The zero-order valence-corrected chi connectivity index (χ0v) is 9.94. The Hall–Kier alpha value is -0.510. The van der Waals surface area contributed by atoms with Crippen molar-refractivity contribution in [2.75, 3.05) is 6.61 Å². The molecule has 0 aliphatic rings. The Morgan fingerprint density at radius 2 is 2.29 bits per heavy atom. The fraction of sp³-hybridized carbons (Fsp3) is 0.200. The van der Waals surface area contributed by atoms with Crippen molar-refractivity contribution >= 4 is 27.5 Å². The highest BCUT2D eigenvalue weighted by Gasteiger charge is 2.02. The van der Waals surface area contributed by atoms with Crippen LogP contribution in [0, 0.1) is 0 Å². The summed E-state index contributed by atoms with van der Waals surface area (Å²) < 4.78 is 6.15. The number of hydrogen-bond acceptors (Lipinski definition) is 2. The van der Waals surface area contributed by atoms with Crippen LogP contribution in [0.25, 0.3) is 0 Å². The van der Waals surface area contributed by atoms with E-state index in [1.807, 2.05) is 6.07 Å². The minimum atomic E-state index is 0.404. The van der Waals surface area contributed by atoms with E-state index in [-0.39, 0.29) is 0 Å². The first-order chi connectivity index (χ1) is 6.63. The number of halogens is 2. The minimum absolute atomic E-state index is 0.404. The Kier molecular flexibility index (Phi) is 4.45. The van der Waals surface area contributed by atoms with Crippen molar-refractivity contribution in [1.82, 2.24) is 0 Å². The van der Waals surface area contributed by atoms with E-state index in [1.165, 1.54) is 0 Å². The molecule has 2 nitrogen and oxygen atoms in total. The maximum absolute atomic E-state index is 5.97. The molecule has 0 bridgehead atoms. The first-order valence-corrected chi connectivity index (χ1v) is 5.25. The third-order valence-electron chi connectivity index (χ3n) is 1.62. The van der Waals surface area contributed by atoms with Crippen LogP contribution in [0.5, 0.6) is 5.75 Å². The molecule has 0 heterocycles. The van der Waals surface area contributed by atoms with E-state index in [0.29, 0.717) is 23.9 Å². The number of ether oxygens (including phenoxy) is 1. The van der Waals surface area contributed by atoms with Crippen LogP contribution in [0.4, 0.5) is 0 Å². The van der Waals surface area contributed by atoms with Gasteiger partial charge in [-0.25, -0.2) is 0 Å². The molecule has 0 amide bonds. The van der Waals surface area contributed by atoms with Gasteiger partial charge in [0.1, 0.15) is 12.4 Å².